The van der Waals surface area contributed by atoms with Crippen molar-refractivity contribution in [3.63, 3.8) is 0 Å². The number of nitrogens with zero attached hydrogens (tertiary/aromatic N) is 1. The number of benzene rings is 1. The zero-order valence-corrected chi connectivity index (χ0v) is 12.4. The Morgan fingerprint density at radius 2 is 1.95 bits per heavy atom. The van der Waals surface area contributed by atoms with Gasteiger partial charge in [-0.05, 0) is 29.8 Å². The minimum Gasteiger partial charge on any atom is -0.260 e. The highest BCUT2D eigenvalue weighted by Crippen LogP contribution is 2.24. The second kappa shape index (κ2) is 5.49. The lowest BCUT2D eigenvalue weighted by Gasteiger charge is -2.08. The van der Waals surface area contributed by atoms with Gasteiger partial charge in [0.2, 0.25) is 0 Å². The van der Waals surface area contributed by atoms with Crippen molar-refractivity contribution in [1.82, 2.24) is 4.98 Å². The maximum absolute atomic E-state index is 11.7. The number of aromatic nitrogens is 1. The number of rotatable bonds is 3. The molecule has 0 saturated heterocycles. The molecule has 0 atom stereocenters. The van der Waals surface area contributed by atoms with Crippen molar-refractivity contribution in [1.29, 1.82) is 0 Å². The summed E-state index contributed by atoms with van der Waals surface area (Å²) in [6, 6.07) is 8.25. The Bertz CT molecular complexity index is 714. The molecule has 100 valence electrons. The normalized spacial score (nSPS) is 11.5. The topological polar surface area (TPSA) is 47.0 Å². The summed E-state index contributed by atoms with van der Waals surface area (Å²) >= 11 is 11.9. The van der Waals surface area contributed by atoms with Crippen molar-refractivity contribution in [2.45, 2.75) is 11.3 Å². The minimum absolute atomic E-state index is 0.223. The predicted molar refractivity (Wildman–Crippen MR) is 76.6 cm³/mol. The maximum Gasteiger partial charge on any atom is 0.177 e. The van der Waals surface area contributed by atoms with E-state index in [0.717, 1.165) is 11.8 Å². The highest BCUT2D eigenvalue weighted by molar-refractivity contribution is 7.90. The largest absolute Gasteiger partial charge is 0.260 e. The van der Waals surface area contributed by atoms with Gasteiger partial charge in [0.1, 0.15) is 0 Å². The van der Waals surface area contributed by atoms with E-state index in [1.165, 1.54) is 0 Å². The van der Waals surface area contributed by atoms with Crippen LogP contribution in [0.15, 0.2) is 41.4 Å². The Kier molecular flexibility index (Phi) is 4.13. The third-order valence-electron chi connectivity index (χ3n) is 2.62. The first kappa shape index (κ1) is 14.3. The number of hydrogen-bond acceptors (Lipinski definition) is 3. The first-order valence-corrected chi connectivity index (χ1v) is 8.10. The Labute approximate surface area is 122 Å². The predicted octanol–water partition coefficient (Wildman–Crippen LogP) is 3.38. The molecule has 2 rings (SSSR count). The van der Waals surface area contributed by atoms with Gasteiger partial charge >= 0.3 is 0 Å². The Morgan fingerprint density at radius 1 is 1.21 bits per heavy atom. The first-order chi connectivity index (χ1) is 8.88. The molecule has 2 aromatic rings. The van der Waals surface area contributed by atoms with E-state index in [0.29, 0.717) is 22.2 Å². The zero-order valence-electron chi connectivity index (χ0n) is 10.1. The van der Waals surface area contributed by atoms with E-state index >= 15 is 0 Å². The van der Waals surface area contributed by atoms with Gasteiger partial charge in [0.05, 0.1) is 10.6 Å². The van der Waals surface area contributed by atoms with Gasteiger partial charge in [-0.15, -0.1) is 0 Å². The molecular weight excluding hydrogens is 305 g/mol. The number of pyridine rings is 1. The molecule has 0 saturated carbocycles. The second-order valence-corrected chi connectivity index (χ2v) is 6.96. The fourth-order valence-corrected chi connectivity index (χ4v) is 3.09. The van der Waals surface area contributed by atoms with E-state index in [1.54, 1.807) is 36.5 Å². The van der Waals surface area contributed by atoms with Crippen LogP contribution in [-0.4, -0.2) is 19.7 Å². The highest BCUT2D eigenvalue weighted by atomic mass is 35.5. The maximum atomic E-state index is 11.7. The van der Waals surface area contributed by atoms with Crippen LogP contribution < -0.4 is 0 Å². The average molecular weight is 316 g/mol. The Hall–Kier alpha value is -1.10. The van der Waals surface area contributed by atoms with Gasteiger partial charge in [-0.3, -0.25) is 4.98 Å². The Balaban J connectivity index is 2.44. The van der Waals surface area contributed by atoms with Crippen molar-refractivity contribution in [3.05, 3.63) is 57.8 Å². The first-order valence-electron chi connectivity index (χ1n) is 5.46. The van der Waals surface area contributed by atoms with Gasteiger partial charge < -0.3 is 0 Å². The molecule has 1 heterocycles. The standard InChI is InChI=1S/C13H11Cl2NO2S/c1-19(17,18)13-3-2-6-16-12(13)7-9-4-5-10(14)8-11(9)15/h2-6,8H,7H2,1H3. The van der Waals surface area contributed by atoms with E-state index in [4.69, 9.17) is 23.2 Å². The van der Waals surface area contributed by atoms with Crippen LogP contribution in [-0.2, 0) is 16.3 Å². The van der Waals surface area contributed by atoms with Crippen LogP contribution in [0.1, 0.15) is 11.3 Å². The number of halogens is 2. The molecule has 0 aliphatic rings. The van der Waals surface area contributed by atoms with Gasteiger partial charge in [0.15, 0.2) is 9.84 Å². The molecule has 0 fully saturated rings. The van der Waals surface area contributed by atoms with Crippen molar-refractivity contribution < 1.29 is 8.42 Å². The molecule has 0 N–H and O–H groups in total. The monoisotopic (exact) mass is 315 g/mol. The number of hydrogen-bond donors (Lipinski definition) is 0. The molecular formula is C13H11Cl2NO2S. The summed E-state index contributed by atoms with van der Waals surface area (Å²) in [4.78, 5) is 4.36. The summed E-state index contributed by atoms with van der Waals surface area (Å²) < 4.78 is 23.4. The molecule has 0 spiro atoms. The summed E-state index contributed by atoms with van der Waals surface area (Å²) in [7, 11) is -3.31. The van der Waals surface area contributed by atoms with Gasteiger partial charge in [-0.1, -0.05) is 29.3 Å². The van der Waals surface area contributed by atoms with Crippen LogP contribution >= 0.6 is 23.2 Å². The molecule has 6 heteroatoms. The van der Waals surface area contributed by atoms with E-state index in [9.17, 15) is 8.42 Å². The molecule has 19 heavy (non-hydrogen) atoms. The van der Waals surface area contributed by atoms with Crippen molar-refractivity contribution >= 4 is 33.0 Å². The van der Waals surface area contributed by atoms with Gasteiger partial charge in [0.25, 0.3) is 0 Å². The van der Waals surface area contributed by atoms with Crippen LogP contribution in [0.25, 0.3) is 0 Å². The van der Waals surface area contributed by atoms with Crippen molar-refractivity contribution in [3.8, 4) is 0 Å². The van der Waals surface area contributed by atoms with Crippen LogP contribution in [0.4, 0.5) is 0 Å². The average Bonchev–Trinajstić information content (AvgIpc) is 2.32. The third-order valence-corrected chi connectivity index (χ3v) is 4.38. The van der Waals surface area contributed by atoms with E-state index < -0.39 is 9.84 Å². The number of sulfone groups is 1. The summed E-state index contributed by atoms with van der Waals surface area (Å²) in [6.45, 7) is 0. The van der Waals surface area contributed by atoms with Crippen LogP contribution in [0, 0.1) is 0 Å². The van der Waals surface area contributed by atoms with E-state index in [1.807, 2.05) is 0 Å². The van der Waals surface area contributed by atoms with Crippen LogP contribution in [0.2, 0.25) is 10.0 Å². The highest BCUT2D eigenvalue weighted by Gasteiger charge is 2.15. The SMILES string of the molecule is CS(=O)(=O)c1cccnc1Cc1ccc(Cl)cc1Cl. The molecule has 3 nitrogen and oxygen atoms in total. The zero-order chi connectivity index (χ0) is 14.0. The fourth-order valence-electron chi connectivity index (χ4n) is 1.74. The summed E-state index contributed by atoms with van der Waals surface area (Å²) in [5.74, 6) is 0. The van der Waals surface area contributed by atoms with E-state index in [-0.39, 0.29) is 4.90 Å². The van der Waals surface area contributed by atoms with Crippen LogP contribution in [0.5, 0.6) is 0 Å². The summed E-state index contributed by atoms with van der Waals surface area (Å²) in [5, 5.41) is 1.04. The molecule has 1 aromatic carbocycles. The summed E-state index contributed by atoms with van der Waals surface area (Å²) in [6.07, 6.45) is 3.07. The molecule has 0 radical (unpaired) electrons. The van der Waals surface area contributed by atoms with Crippen molar-refractivity contribution in [2.75, 3.05) is 6.26 Å². The van der Waals surface area contributed by atoms with Crippen LogP contribution in [0.3, 0.4) is 0 Å². The van der Waals surface area contributed by atoms with Gasteiger partial charge in [-0.2, -0.15) is 0 Å². The lowest BCUT2D eigenvalue weighted by Crippen LogP contribution is -2.05. The van der Waals surface area contributed by atoms with Crippen molar-refractivity contribution in [2.24, 2.45) is 0 Å². The molecule has 0 aliphatic heterocycles. The summed E-state index contributed by atoms with van der Waals surface area (Å²) in [5.41, 5.74) is 1.27. The lowest BCUT2D eigenvalue weighted by atomic mass is 10.1. The molecule has 0 amide bonds. The van der Waals surface area contributed by atoms with Gasteiger partial charge in [-0.25, -0.2) is 8.42 Å². The molecule has 0 aliphatic carbocycles. The smallest absolute Gasteiger partial charge is 0.177 e. The van der Waals surface area contributed by atoms with Gasteiger partial charge in [0, 0.05) is 28.9 Å². The lowest BCUT2D eigenvalue weighted by molar-refractivity contribution is 0.600. The molecule has 0 unspecified atom stereocenters. The fraction of sp³-hybridized carbons (Fsp3) is 0.154. The third kappa shape index (κ3) is 3.47. The Morgan fingerprint density at radius 3 is 2.58 bits per heavy atom. The quantitative estimate of drug-likeness (QED) is 0.872. The minimum atomic E-state index is -3.31. The molecule has 1 aromatic heterocycles. The second-order valence-electron chi connectivity index (χ2n) is 4.13. The van der Waals surface area contributed by atoms with E-state index in [2.05, 4.69) is 4.98 Å². The molecule has 0 bridgehead atoms.